The molecule has 3 atom stereocenters. The Morgan fingerprint density at radius 2 is 1.93 bits per heavy atom. The number of nitrogens with one attached hydrogen (secondary N) is 1. The number of hydrogen-bond acceptors (Lipinski definition) is 4. The smallest absolute Gasteiger partial charge is 0.241 e. The number of carbonyl (C=O) groups is 1. The molecule has 1 fully saturated rings. The van der Waals surface area contributed by atoms with Crippen LogP contribution in [-0.2, 0) is 34.8 Å². The van der Waals surface area contributed by atoms with E-state index in [1.165, 1.54) is 0 Å². The summed E-state index contributed by atoms with van der Waals surface area (Å²) in [6.45, 7) is 2.19. The molecule has 0 bridgehead atoms. The second-order valence-corrected chi connectivity index (χ2v) is 13.2. The van der Waals surface area contributed by atoms with Crippen molar-refractivity contribution in [2.24, 2.45) is 13.0 Å². The van der Waals surface area contributed by atoms with E-state index >= 15 is 0 Å². The van der Waals surface area contributed by atoms with Crippen LogP contribution in [0.15, 0.2) is 84.0 Å². The first-order valence-corrected chi connectivity index (χ1v) is 15.8. The van der Waals surface area contributed by atoms with Gasteiger partial charge in [0.2, 0.25) is 15.9 Å². The number of carbonyl (C=O) groups excluding carboxylic acids is 1. The number of nitrogens with zero attached hydrogens (tertiary/aromatic N) is 3. The molecule has 7 nitrogen and oxygen atoms in total. The fraction of sp³-hybridized carbons (Fsp3) is 0.312. The molecule has 0 aliphatic heterocycles. The highest BCUT2D eigenvalue weighted by Crippen LogP contribution is 2.51. The van der Waals surface area contributed by atoms with Gasteiger partial charge in [0.05, 0.1) is 11.4 Å². The van der Waals surface area contributed by atoms with Crippen molar-refractivity contribution in [1.82, 2.24) is 14.3 Å². The minimum Gasteiger partial charge on any atom is -0.337 e. The number of amides is 1. The van der Waals surface area contributed by atoms with Crippen LogP contribution in [0.1, 0.15) is 59.3 Å². The third-order valence-corrected chi connectivity index (χ3v) is 10.1. The summed E-state index contributed by atoms with van der Waals surface area (Å²) in [4.78, 5) is 20.6. The van der Waals surface area contributed by atoms with E-state index in [2.05, 4.69) is 9.71 Å². The third kappa shape index (κ3) is 5.69. The van der Waals surface area contributed by atoms with Crippen LogP contribution >= 0.6 is 11.6 Å². The minimum atomic E-state index is -3.72. The van der Waals surface area contributed by atoms with E-state index in [0.29, 0.717) is 18.0 Å². The molecule has 0 unspecified atom stereocenters. The fourth-order valence-electron chi connectivity index (χ4n) is 5.89. The molecule has 1 amide bonds. The van der Waals surface area contributed by atoms with E-state index in [-0.39, 0.29) is 28.7 Å². The van der Waals surface area contributed by atoms with Gasteiger partial charge in [0, 0.05) is 42.1 Å². The van der Waals surface area contributed by atoms with E-state index in [0.717, 1.165) is 53.0 Å². The molecule has 1 N–H and O–H groups in total. The molecule has 41 heavy (non-hydrogen) atoms. The zero-order valence-corrected chi connectivity index (χ0v) is 24.7. The first kappa shape index (κ1) is 27.7. The van der Waals surface area contributed by atoms with Gasteiger partial charge in [0.25, 0.3) is 0 Å². The zero-order valence-electron chi connectivity index (χ0n) is 23.1. The average Bonchev–Trinajstić information content (AvgIpc) is 3.65. The SMILES string of the molecule is Cc1cccc(S(=O)(=O)N[C@H]2CCCc3ccc(N(Cc4nccn4C)C(=O)[C@@H]4C[C@@H]4c4ccccc4Cl)cc32)c1. The Kier molecular flexibility index (Phi) is 7.49. The molecular weight excluding hydrogens is 556 g/mol. The van der Waals surface area contributed by atoms with Crippen molar-refractivity contribution in [2.45, 2.75) is 56.0 Å². The molecular formula is C32H33ClN4O3S. The minimum absolute atomic E-state index is 0.0190. The van der Waals surface area contributed by atoms with Crippen LogP contribution in [0.3, 0.4) is 0 Å². The summed E-state index contributed by atoms with van der Waals surface area (Å²) >= 11 is 6.47. The van der Waals surface area contributed by atoms with E-state index < -0.39 is 10.0 Å². The molecule has 3 aromatic carbocycles. The Balaban J connectivity index is 1.32. The number of imidazole rings is 1. The Morgan fingerprint density at radius 1 is 1.10 bits per heavy atom. The number of hydrogen-bond donors (Lipinski definition) is 1. The van der Waals surface area contributed by atoms with Crippen LogP contribution in [-0.4, -0.2) is 23.9 Å². The Hall–Kier alpha value is -3.46. The van der Waals surface area contributed by atoms with Gasteiger partial charge in [-0.25, -0.2) is 18.1 Å². The van der Waals surface area contributed by atoms with Crippen LogP contribution in [0.5, 0.6) is 0 Å². The average molecular weight is 589 g/mol. The predicted octanol–water partition coefficient (Wildman–Crippen LogP) is 6.07. The Morgan fingerprint density at radius 3 is 2.68 bits per heavy atom. The molecule has 2 aliphatic rings. The second kappa shape index (κ2) is 11.1. The van der Waals surface area contributed by atoms with Crippen LogP contribution in [0, 0.1) is 12.8 Å². The lowest BCUT2D eigenvalue weighted by molar-refractivity contribution is -0.120. The summed E-state index contributed by atoms with van der Waals surface area (Å²) in [5, 5.41) is 0.681. The monoisotopic (exact) mass is 588 g/mol. The van der Waals surface area contributed by atoms with Crippen LogP contribution in [0.4, 0.5) is 5.69 Å². The number of anilines is 1. The lowest BCUT2D eigenvalue weighted by Gasteiger charge is -2.29. The summed E-state index contributed by atoms with van der Waals surface area (Å²) < 4.78 is 31.5. The number of aromatic nitrogens is 2. The van der Waals surface area contributed by atoms with Gasteiger partial charge in [-0.2, -0.15) is 0 Å². The van der Waals surface area contributed by atoms with E-state index in [4.69, 9.17) is 11.6 Å². The number of aryl methyl sites for hydroxylation is 3. The van der Waals surface area contributed by atoms with Gasteiger partial charge in [-0.15, -0.1) is 0 Å². The number of sulfonamides is 1. The van der Waals surface area contributed by atoms with Crippen LogP contribution in [0.25, 0.3) is 0 Å². The van der Waals surface area contributed by atoms with Crippen molar-refractivity contribution in [1.29, 1.82) is 0 Å². The molecule has 1 aromatic heterocycles. The van der Waals surface area contributed by atoms with Gasteiger partial charge >= 0.3 is 0 Å². The van der Waals surface area contributed by atoms with E-state index in [9.17, 15) is 13.2 Å². The molecule has 4 aromatic rings. The second-order valence-electron chi connectivity index (χ2n) is 11.1. The van der Waals surface area contributed by atoms with Crippen molar-refractivity contribution >= 4 is 33.2 Å². The first-order valence-electron chi connectivity index (χ1n) is 13.9. The number of rotatable bonds is 8. The lowest BCUT2D eigenvalue weighted by atomic mass is 9.87. The largest absolute Gasteiger partial charge is 0.337 e. The highest BCUT2D eigenvalue weighted by Gasteiger charge is 2.47. The van der Waals surface area contributed by atoms with Crippen molar-refractivity contribution < 1.29 is 13.2 Å². The first-order chi connectivity index (χ1) is 19.7. The number of halogens is 1. The van der Waals surface area contributed by atoms with E-state index in [1.54, 1.807) is 29.3 Å². The summed E-state index contributed by atoms with van der Waals surface area (Å²) in [5.74, 6) is 0.682. The maximum absolute atomic E-state index is 14.1. The van der Waals surface area contributed by atoms with Crippen LogP contribution < -0.4 is 9.62 Å². The lowest BCUT2D eigenvalue weighted by Crippen LogP contribution is -2.34. The maximum atomic E-state index is 14.1. The van der Waals surface area contributed by atoms with Gasteiger partial charge in [0.1, 0.15) is 5.82 Å². The summed E-state index contributed by atoms with van der Waals surface area (Å²) in [6, 6.07) is 20.3. The topological polar surface area (TPSA) is 84.3 Å². The van der Waals surface area contributed by atoms with Crippen molar-refractivity contribution in [3.63, 3.8) is 0 Å². The maximum Gasteiger partial charge on any atom is 0.241 e. The Bertz CT molecular complexity index is 1720. The van der Waals surface area contributed by atoms with Crippen LogP contribution in [0.2, 0.25) is 5.02 Å². The molecule has 2 aliphatic carbocycles. The quantitative estimate of drug-likeness (QED) is 0.271. The summed E-state index contributed by atoms with van der Waals surface area (Å²) in [6.07, 6.45) is 6.76. The molecule has 0 spiro atoms. The predicted molar refractivity (Wildman–Crippen MR) is 160 cm³/mol. The molecule has 6 rings (SSSR count). The molecule has 1 heterocycles. The van der Waals surface area contributed by atoms with Crippen molar-refractivity contribution in [2.75, 3.05) is 4.90 Å². The van der Waals surface area contributed by atoms with Gasteiger partial charge in [0.15, 0.2) is 0 Å². The molecule has 1 saturated carbocycles. The van der Waals surface area contributed by atoms with E-state index in [1.807, 2.05) is 73.3 Å². The molecule has 9 heteroatoms. The number of fused-ring (bicyclic) bond motifs is 1. The van der Waals surface area contributed by atoms with Gasteiger partial charge in [-0.05, 0) is 91.1 Å². The summed E-state index contributed by atoms with van der Waals surface area (Å²) in [5.41, 5.74) is 4.64. The van der Waals surface area contributed by atoms with Crippen molar-refractivity contribution in [3.8, 4) is 0 Å². The zero-order chi connectivity index (χ0) is 28.7. The normalized spacial score (nSPS) is 19.9. The standard InChI is InChI=1S/C32H33ClN4O3S/c1-21-7-5-9-24(17-21)41(39,40)35-30-12-6-8-22-13-14-23(18-26(22)30)37(20-31-34-15-16-36(31)2)32(38)28-19-27(28)25-10-3-4-11-29(25)33/h3-5,7,9-11,13-18,27-28,30,35H,6,8,12,19-20H2,1-2H3/t27-,28-,30+/m1/s1. The van der Waals surface area contributed by atoms with Crippen molar-refractivity contribution in [3.05, 3.63) is 112 Å². The summed E-state index contributed by atoms with van der Waals surface area (Å²) in [7, 11) is -1.81. The van der Waals surface area contributed by atoms with Gasteiger partial charge in [-0.3, -0.25) is 4.79 Å². The molecule has 0 saturated heterocycles. The fourth-order valence-corrected chi connectivity index (χ4v) is 7.52. The van der Waals surface area contributed by atoms with Gasteiger partial charge < -0.3 is 9.47 Å². The molecule has 0 radical (unpaired) electrons. The highest BCUT2D eigenvalue weighted by molar-refractivity contribution is 7.89. The third-order valence-electron chi connectivity index (χ3n) is 8.25. The Labute approximate surface area is 246 Å². The number of benzene rings is 3. The van der Waals surface area contributed by atoms with Gasteiger partial charge in [-0.1, -0.05) is 48.0 Å². The highest BCUT2D eigenvalue weighted by atomic mass is 35.5. The molecule has 212 valence electrons.